The van der Waals surface area contributed by atoms with E-state index in [2.05, 4.69) is 21.0 Å². The fourth-order valence-corrected chi connectivity index (χ4v) is 6.25. The molecule has 9 heteroatoms. The molecule has 0 spiro atoms. The van der Waals surface area contributed by atoms with Gasteiger partial charge in [-0.2, -0.15) is 0 Å². The molecule has 1 saturated heterocycles. The Morgan fingerprint density at radius 3 is 2.47 bits per heavy atom. The molecule has 1 unspecified atom stereocenters. The van der Waals surface area contributed by atoms with Crippen LogP contribution in [-0.2, 0) is 21.2 Å². The Bertz CT molecular complexity index is 1190. The van der Waals surface area contributed by atoms with Gasteiger partial charge in [0.25, 0.3) is 10.0 Å². The molecule has 1 aromatic heterocycles. The summed E-state index contributed by atoms with van der Waals surface area (Å²) in [6.45, 7) is 2.50. The van der Waals surface area contributed by atoms with Crippen molar-refractivity contribution in [2.75, 3.05) is 31.5 Å². The van der Waals surface area contributed by atoms with Crippen LogP contribution in [0.2, 0.25) is 0 Å². The van der Waals surface area contributed by atoms with Gasteiger partial charge in [-0.25, -0.2) is 8.42 Å². The minimum Gasteiger partial charge on any atom is -0.496 e. The van der Waals surface area contributed by atoms with Crippen LogP contribution in [0.15, 0.2) is 70.3 Å². The van der Waals surface area contributed by atoms with Gasteiger partial charge < -0.3 is 10.1 Å². The fraction of sp³-hybridized carbons (Fsp3) is 0.320. The molecule has 1 aliphatic rings. The zero-order chi connectivity index (χ0) is 24.0. The van der Waals surface area contributed by atoms with E-state index in [0.29, 0.717) is 12.2 Å². The first-order chi connectivity index (χ1) is 16.5. The van der Waals surface area contributed by atoms with E-state index in [4.69, 9.17) is 4.74 Å². The van der Waals surface area contributed by atoms with Gasteiger partial charge >= 0.3 is 0 Å². The van der Waals surface area contributed by atoms with Crippen LogP contribution in [0.3, 0.4) is 0 Å². The van der Waals surface area contributed by atoms with Crippen LogP contribution in [0.4, 0.5) is 5.69 Å². The Kier molecular flexibility index (Phi) is 7.87. The van der Waals surface area contributed by atoms with Gasteiger partial charge in [0.15, 0.2) is 0 Å². The van der Waals surface area contributed by atoms with E-state index in [-0.39, 0.29) is 22.6 Å². The zero-order valence-electron chi connectivity index (χ0n) is 19.1. The first-order valence-electron chi connectivity index (χ1n) is 11.3. The molecular weight excluding hydrogens is 470 g/mol. The third kappa shape index (κ3) is 5.97. The molecule has 0 saturated carbocycles. The summed E-state index contributed by atoms with van der Waals surface area (Å²) in [6, 6.07) is 18.2. The lowest BCUT2D eigenvalue weighted by Crippen LogP contribution is -2.37. The van der Waals surface area contributed by atoms with Crippen LogP contribution in [0.5, 0.6) is 5.75 Å². The first kappa shape index (κ1) is 24.3. The van der Waals surface area contributed by atoms with Crippen LogP contribution >= 0.6 is 11.3 Å². The van der Waals surface area contributed by atoms with E-state index in [1.807, 2.05) is 18.2 Å². The SMILES string of the molecule is COc1ccccc1C(CNC(=O)Cc1ccc(NS(=O)(=O)c2cccs2)cc1)N1CCCC1. The molecule has 2 heterocycles. The normalized spacial score (nSPS) is 15.1. The monoisotopic (exact) mass is 499 g/mol. The molecule has 1 aliphatic heterocycles. The van der Waals surface area contributed by atoms with Crippen LogP contribution in [-0.4, -0.2) is 46.0 Å². The maximum Gasteiger partial charge on any atom is 0.271 e. The van der Waals surface area contributed by atoms with Gasteiger partial charge in [0, 0.05) is 17.8 Å². The Labute approximate surface area is 204 Å². The second-order valence-electron chi connectivity index (χ2n) is 8.22. The van der Waals surface area contributed by atoms with Crippen molar-refractivity contribution in [3.63, 3.8) is 0 Å². The summed E-state index contributed by atoms with van der Waals surface area (Å²) in [7, 11) is -1.92. The standard InChI is InChI=1S/C25H29N3O4S2/c1-32-23-8-3-2-7-21(23)22(28-14-4-5-15-28)18-26-24(29)17-19-10-12-20(13-11-19)27-34(30,31)25-9-6-16-33-25/h2-3,6-13,16,22,27H,4-5,14-15,17-18H2,1H3,(H,26,29). The largest absolute Gasteiger partial charge is 0.496 e. The Morgan fingerprint density at radius 1 is 1.06 bits per heavy atom. The summed E-state index contributed by atoms with van der Waals surface area (Å²) in [6.07, 6.45) is 2.53. The highest BCUT2D eigenvalue weighted by molar-refractivity contribution is 7.94. The van der Waals surface area contributed by atoms with Crippen LogP contribution in [0.1, 0.15) is 30.0 Å². The van der Waals surface area contributed by atoms with Crippen LogP contribution in [0.25, 0.3) is 0 Å². The summed E-state index contributed by atoms with van der Waals surface area (Å²) in [4.78, 5) is 15.1. The number of methoxy groups -OCH3 is 1. The topological polar surface area (TPSA) is 87.7 Å². The molecule has 2 aromatic carbocycles. The first-order valence-corrected chi connectivity index (χ1v) is 13.6. The van der Waals surface area contributed by atoms with Gasteiger partial charge in [-0.3, -0.25) is 14.4 Å². The van der Waals surface area contributed by atoms with Gasteiger partial charge in [-0.15, -0.1) is 11.3 Å². The van der Waals surface area contributed by atoms with E-state index in [0.717, 1.165) is 54.1 Å². The van der Waals surface area contributed by atoms with Crippen molar-refractivity contribution in [2.24, 2.45) is 0 Å². The number of carbonyl (C=O) groups is 1. The lowest BCUT2D eigenvalue weighted by Gasteiger charge is -2.29. The molecule has 0 radical (unpaired) electrons. The second kappa shape index (κ2) is 11.0. The number of nitrogens with zero attached hydrogens (tertiary/aromatic N) is 1. The van der Waals surface area contributed by atoms with E-state index in [1.54, 1.807) is 48.9 Å². The van der Waals surface area contributed by atoms with Crippen LogP contribution < -0.4 is 14.8 Å². The predicted octanol–water partition coefficient (Wildman–Crippen LogP) is 4.05. The van der Waals surface area contributed by atoms with E-state index in [1.165, 1.54) is 0 Å². The Balaban J connectivity index is 1.37. The highest BCUT2D eigenvalue weighted by atomic mass is 32.2. The third-order valence-corrected chi connectivity index (χ3v) is 8.68. The van der Waals surface area contributed by atoms with Crippen molar-refractivity contribution < 1.29 is 17.9 Å². The number of hydrogen-bond donors (Lipinski definition) is 2. The van der Waals surface area contributed by atoms with Crippen molar-refractivity contribution in [1.82, 2.24) is 10.2 Å². The van der Waals surface area contributed by atoms with Gasteiger partial charge in [-0.05, 0) is 61.1 Å². The number of ether oxygens (including phenoxy) is 1. The number of thiophene rings is 1. The molecule has 0 bridgehead atoms. The number of anilines is 1. The van der Waals surface area contributed by atoms with Gasteiger partial charge in [0.05, 0.1) is 19.6 Å². The summed E-state index contributed by atoms with van der Waals surface area (Å²) in [5, 5.41) is 4.80. The smallest absolute Gasteiger partial charge is 0.271 e. The maximum atomic E-state index is 12.7. The van der Waals surface area contributed by atoms with Crippen molar-refractivity contribution in [1.29, 1.82) is 0 Å². The maximum absolute atomic E-state index is 12.7. The Hall–Kier alpha value is -2.88. The molecule has 180 valence electrons. The second-order valence-corrected chi connectivity index (χ2v) is 11.1. The molecule has 34 heavy (non-hydrogen) atoms. The number of hydrogen-bond acceptors (Lipinski definition) is 6. The number of carbonyl (C=O) groups excluding carboxylic acids is 1. The molecule has 7 nitrogen and oxygen atoms in total. The van der Waals surface area contributed by atoms with Crippen molar-refractivity contribution in [3.05, 3.63) is 77.2 Å². The molecule has 1 atom stereocenters. The van der Waals surface area contributed by atoms with Gasteiger partial charge in [0.2, 0.25) is 5.91 Å². The minimum atomic E-state index is -3.59. The van der Waals surface area contributed by atoms with Crippen molar-refractivity contribution >= 4 is 33.0 Å². The average molecular weight is 500 g/mol. The van der Waals surface area contributed by atoms with Crippen LogP contribution in [0, 0.1) is 0 Å². The third-order valence-electron chi connectivity index (χ3n) is 5.90. The fourth-order valence-electron chi connectivity index (χ4n) is 4.20. The summed E-state index contributed by atoms with van der Waals surface area (Å²) in [5.41, 5.74) is 2.35. The van der Waals surface area contributed by atoms with Crippen molar-refractivity contribution in [3.8, 4) is 5.75 Å². The van der Waals surface area contributed by atoms with E-state index >= 15 is 0 Å². The van der Waals surface area contributed by atoms with Crippen molar-refractivity contribution in [2.45, 2.75) is 29.5 Å². The molecule has 3 aromatic rings. The van der Waals surface area contributed by atoms with E-state index in [9.17, 15) is 13.2 Å². The molecule has 2 N–H and O–H groups in total. The highest BCUT2D eigenvalue weighted by Gasteiger charge is 2.26. The summed E-state index contributed by atoms with van der Waals surface area (Å²) >= 11 is 1.16. The summed E-state index contributed by atoms with van der Waals surface area (Å²) in [5.74, 6) is 0.750. The molecular formula is C25H29N3O4S2. The average Bonchev–Trinajstić information content (AvgIpc) is 3.56. The highest BCUT2D eigenvalue weighted by Crippen LogP contribution is 2.31. The van der Waals surface area contributed by atoms with Gasteiger partial charge in [0.1, 0.15) is 9.96 Å². The number of benzene rings is 2. The van der Waals surface area contributed by atoms with E-state index < -0.39 is 10.0 Å². The molecule has 1 amide bonds. The lowest BCUT2D eigenvalue weighted by molar-refractivity contribution is -0.120. The number of rotatable bonds is 10. The number of sulfonamides is 1. The molecule has 4 rings (SSSR count). The van der Waals surface area contributed by atoms with Gasteiger partial charge in [-0.1, -0.05) is 36.4 Å². The minimum absolute atomic E-state index is 0.0524. The number of amides is 1. The molecule has 1 fully saturated rings. The number of para-hydroxylation sites is 1. The number of nitrogens with one attached hydrogen (secondary N) is 2. The molecule has 0 aliphatic carbocycles. The lowest BCUT2D eigenvalue weighted by atomic mass is 10.0. The Morgan fingerprint density at radius 2 is 1.79 bits per heavy atom. The number of likely N-dealkylation sites (tertiary alicyclic amines) is 1. The summed E-state index contributed by atoms with van der Waals surface area (Å²) < 4.78 is 33.1. The predicted molar refractivity (Wildman–Crippen MR) is 135 cm³/mol. The zero-order valence-corrected chi connectivity index (χ0v) is 20.7. The quantitative estimate of drug-likeness (QED) is 0.439.